The molecule has 1 fully saturated rings. The van der Waals surface area contributed by atoms with Gasteiger partial charge in [-0.25, -0.2) is 4.98 Å². The summed E-state index contributed by atoms with van der Waals surface area (Å²) in [5.74, 6) is 2.03. The van der Waals surface area contributed by atoms with Gasteiger partial charge >= 0.3 is 0 Å². The summed E-state index contributed by atoms with van der Waals surface area (Å²) in [4.78, 5) is 4.37. The summed E-state index contributed by atoms with van der Waals surface area (Å²) in [6, 6.07) is 0. The normalized spacial score (nSPS) is 18.1. The topological polar surface area (TPSA) is 52.0 Å². The number of nitrogens with two attached hydrogens (primary N) is 1. The van der Waals surface area contributed by atoms with E-state index in [0.717, 1.165) is 35.4 Å². The molecule has 84 valence electrons. The lowest BCUT2D eigenvalue weighted by Gasteiger charge is -2.10. The Morgan fingerprint density at radius 3 is 2.67 bits per heavy atom. The average Bonchev–Trinajstić information content (AvgIpc) is 2.88. The molecule has 0 aliphatic heterocycles. The summed E-state index contributed by atoms with van der Waals surface area (Å²) in [6.45, 7) is 4.74. The van der Waals surface area contributed by atoms with Crippen LogP contribution >= 0.6 is 11.8 Å². The maximum atomic E-state index is 5.60. The van der Waals surface area contributed by atoms with Gasteiger partial charge in [-0.15, -0.1) is 0 Å². The third kappa shape index (κ3) is 2.55. The van der Waals surface area contributed by atoms with Crippen molar-refractivity contribution in [2.75, 3.05) is 12.3 Å². The van der Waals surface area contributed by atoms with Crippen LogP contribution in [0, 0.1) is 19.3 Å². The number of aromatic nitrogens is 1. The van der Waals surface area contributed by atoms with E-state index in [4.69, 9.17) is 10.2 Å². The highest BCUT2D eigenvalue weighted by atomic mass is 32.2. The van der Waals surface area contributed by atoms with Crippen LogP contribution in [0.25, 0.3) is 0 Å². The molecule has 0 atom stereocenters. The van der Waals surface area contributed by atoms with E-state index in [1.807, 2.05) is 13.8 Å². The van der Waals surface area contributed by atoms with E-state index in [1.165, 1.54) is 12.8 Å². The zero-order valence-electron chi connectivity index (χ0n) is 9.38. The van der Waals surface area contributed by atoms with Crippen LogP contribution in [0.2, 0.25) is 0 Å². The first-order chi connectivity index (χ1) is 7.15. The molecule has 2 N–H and O–H groups in total. The van der Waals surface area contributed by atoms with Crippen molar-refractivity contribution in [3.8, 4) is 0 Å². The van der Waals surface area contributed by atoms with Crippen molar-refractivity contribution in [3.05, 3.63) is 11.5 Å². The van der Waals surface area contributed by atoms with Crippen LogP contribution in [0.15, 0.2) is 9.64 Å². The summed E-state index contributed by atoms with van der Waals surface area (Å²) in [6.07, 6.45) is 3.77. The number of hydrogen-bond acceptors (Lipinski definition) is 4. The summed E-state index contributed by atoms with van der Waals surface area (Å²) in [7, 11) is 0. The fraction of sp³-hybridized carbons (Fsp3) is 0.727. The van der Waals surface area contributed by atoms with Crippen molar-refractivity contribution in [2.45, 2.75) is 38.3 Å². The molecular formula is C11H18N2OS. The van der Waals surface area contributed by atoms with Crippen LogP contribution in [0.1, 0.15) is 30.7 Å². The van der Waals surface area contributed by atoms with Gasteiger partial charge in [0.2, 0.25) is 0 Å². The van der Waals surface area contributed by atoms with Crippen LogP contribution in [-0.2, 0) is 0 Å². The lowest BCUT2D eigenvalue weighted by Crippen LogP contribution is -2.11. The second kappa shape index (κ2) is 4.18. The molecule has 0 aromatic carbocycles. The van der Waals surface area contributed by atoms with Crippen LogP contribution in [-0.4, -0.2) is 17.3 Å². The zero-order valence-corrected chi connectivity index (χ0v) is 10.2. The zero-order chi connectivity index (χ0) is 10.9. The van der Waals surface area contributed by atoms with Crippen molar-refractivity contribution < 1.29 is 4.42 Å². The highest BCUT2D eigenvalue weighted by molar-refractivity contribution is 7.99. The fourth-order valence-electron chi connectivity index (χ4n) is 1.67. The molecule has 1 aromatic heterocycles. The number of oxazole rings is 1. The first kappa shape index (κ1) is 11.0. The lowest BCUT2D eigenvalue weighted by molar-refractivity contribution is 0.429. The van der Waals surface area contributed by atoms with Crippen molar-refractivity contribution >= 4 is 11.8 Å². The summed E-state index contributed by atoms with van der Waals surface area (Å²) < 4.78 is 5.54. The van der Waals surface area contributed by atoms with Gasteiger partial charge in [0.15, 0.2) is 0 Å². The van der Waals surface area contributed by atoms with E-state index in [9.17, 15) is 0 Å². The minimum Gasteiger partial charge on any atom is -0.437 e. The molecule has 4 heteroatoms. The molecular weight excluding hydrogens is 208 g/mol. The third-order valence-electron chi connectivity index (χ3n) is 3.14. The summed E-state index contributed by atoms with van der Waals surface area (Å²) in [5, 5.41) is 0.813. The molecule has 0 unspecified atom stereocenters. The number of hydrogen-bond donors (Lipinski definition) is 1. The Morgan fingerprint density at radius 2 is 2.20 bits per heavy atom. The molecule has 0 radical (unpaired) electrons. The molecule has 0 spiro atoms. The average molecular weight is 226 g/mol. The molecule has 0 amide bonds. The van der Waals surface area contributed by atoms with Crippen LogP contribution in [0.4, 0.5) is 0 Å². The van der Waals surface area contributed by atoms with Crippen molar-refractivity contribution in [2.24, 2.45) is 11.1 Å². The molecule has 1 heterocycles. The van der Waals surface area contributed by atoms with E-state index < -0.39 is 0 Å². The van der Waals surface area contributed by atoms with Gasteiger partial charge in [-0.3, -0.25) is 0 Å². The van der Waals surface area contributed by atoms with Gasteiger partial charge in [0.25, 0.3) is 5.22 Å². The Morgan fingerprint density at radius 1 is 1.47 bits per heavy atom. The smallest absolute Gasteiger partial charge is 0.256 e. The van der Waals surface area contributed by atoms with Crippen LogP contribution in [0.3, 0.4) is 0 Å². The van der Waals surface area contributed by atoms with Gasteiger partial charge in [0, 0.05) is 5.75 Å². The highest BCUT2D eigenvalue weighted by Gasteiger charge is 2.41. The minimum atomic E-state index is 0.496. The van der Waals surface area contributed by atoms with Crippen molar-refractivity contribution in [1.29, 1.82) is 0 Å². The Balaban J connectivity index is 1.88. The van der Waals surface area contributed by atoms with Gasteiger partial charge < -0.3 is 10.2 Å². The predicted molar refractivity (Wildman–Crippen MR) is 62.0 cm³/mol. The highest BCUT2D eigenvalue weighted by Crippen LogP contribution is 2.51. The van der Waals surface area contributed by atoms with Crippen LogP contribution in [0.5, 0.6) is 0 Å². The molecule has 0 saturated heterocycles. The number of aryl methyl sites for hydroxylation is 2. The molecule has 2 rings (SSSR count). The van der Waals surface area contributed by atoms with Crippen molar-refractivity contribution in [1.82, 2.24) is 4.98 Å². The van der Waals surface area contributed by atoms with Gasteiger partial charge in [0.1, 0.15) is 5.76 Å². The third-order valence-corrected chi connectivity index (χ3v) is 4.32. The quantitative estimate of drug-likeness (QED) is 0.784. The second-order valence-electron chi connectivity index (χ2n) is 4.45. The Hall–Kier alpha value is -0.480. The van der Waals surface area contributed by atoms with Gasteiger partial charge in [-0.2, -0.15) is 0 Å². The first-order valence-corrected chi connectivity index (χ1v) is 6.41. The lowest BCUT2D eigenvalue weighted by atomic mass is 10.1. The molecule has 1 saturated carbocycles. The second-order valence-corrected chi connectivity index (χ2v) is 5.38. The SMILES string of the molecule is Cc1nc(SCC2(CCN)CC2)oc1C. The predicted octanol–water partition coefficient (Wildman–Crippen LogP) is 2.51. The largest absolute Gasteiger partial charge is 0.437 e. The first-order valence-electron chi connectivity index (χ1n) is 5.42. The maximum absolute atomic E-state index is 5.60. The van der Waals surface area contributed by atoms with E-state index >= 15 is 0 Å². The number of thioether (sulfide) groups is 1. The summed E-state index contributed by atoms with van der Waals surface area (Å²) in [5.41, 5.74) is 7.10. The Labute approximate surface area is 94.8 Å². The number of rotatable bonds is 5. The van der Waals surface area contributed by atoms with E-state index in [-0.39, 0.29) is 0 Å². The Bertz CT molecular complexity index is 325. The number of nitrogens with zero attached hydrogens (tertiary/aromatic N) is 1. The van der Waals surface area contributed by atoms with Gasteiger partial charge in [-0.1, -0.05) is 11.8 Å². The molecule has 0 bridgehead atoms. The monoisotopic (exact) mass is 226 g/mol. The maximum Gasteiger partial charge on any atom is 0.256 e. The summed E-state index contributed by atoms with van der Waals surface area (Å²) >= 11 is 1.73. The molecule has 1 aromatic rings. The van der Waals surface area contributed by atoms with Gasteiger partial charge in [0.05, 0.1) is 5.69 Å². The molecule has 3 nitrogen and oxygen atoms in total. The van der Waals surface area contributed by atoms with E-state index in [1.54, 1.807) is 11.8 Å². The fourth-order valence-corrected chi connectivity index (χ4v) is 2.92. The molecule has 1 aliphatic carbocycles. The van der Waals surface area contributed by atoms with E-state index in [2.05, 4.69) is 4.98 Å². The molecule has 15 heavy (non-hydrogen) atoms. The van der Waals surface area contributed by atoms with E-state index in [0.29, 0.717) is 5.41 Å². The minimum absolute atomic E-state index is 0.496. The standard InChI is InChI=1S/C11H18N2OS/c1-8-9(2)14-10(13-8)15-7-11(3-4-11)5-6-12/h3-7,12H2,1-2H3. The Kier molecular flexibility index (Phi) is 3.07. The van der Waals surface area contributed by atoms with Crippen molar-refractivity contribution in [3.63, 3.8) is 0 Å². The van der Waals surface area contributed by atoms with Gasteiger partial charge in [-0.05, 0) is 45.1 Å². The van der Waals surface area contributed by atoms with Crippen LogP contribution < -0.4 is 5.73 Å². The molecule has 1 aliphatic rings.